The standard InChI is InChI=1S/C28H23FN2O4/c29-20-9-7-19(8-10-20)22-3-1-4-23(26(22)33)24(32)17-18-5-11-21(12-6-18)35-25-13-15-31-28-27(25)34-16-2-14-30-28/h3-13,15H,1-2,14,16-17H2,(H,30,31). The summed E-state index contributed by atoms with van der Waals surface area (Å²) in [6.45, 7) is 1.36. The number of rotatable bonds is 6. The van der Waals surface area contributed by atoms with Gasteiger partial charge in [0.2, 0.25) is 5.75 Å². The fraction of sp³-hybridized carbons (Fsp3) is 0.179. The van der Waals surface area contributed by atoms with Gasteiger partial charge in [-0.1, -0.05) is 36.4 Å². The lowest BCUT2D eigenvalue weighted by Crippen LogP contribution is -2.18. The van der Waals surface area contributed by atoms with Crippen LogP contribution in [0.2, 0.25) is 0 Å². The second-order valence-electron chi connectivity index (χ2n) is 8.27. The number of ketones is 2. The maximum atomic E-state index is 13.2. The molecule has 0 spiro atoms. The molecule has 2 heterocycles. The van der Waals surface area contributed by atoms with Crippen molar-refractivity contribution in [3.63, 3.8) is 0 Å². The van der Waals surface area contributed by atoms with Crippen LogP contribution >= 0.6 is 0 Å². The first-order chi connectivity index (χ1) is 17.1. The lowest BCUT2D eigenvalue weighted by atomic mass is 9.88. The molecule has 0 atom stereocenters. The molecule has 7 heteroatoms. The quantitative estimate of drug-likeness (QED) is 0.493. The minimum Gasteiger partial charge on any atom is -0.486 e. The Morgan fingerprint density at radius 3 is 2.66 bits per heavy atom. The molecule has 0 radical (unpaired) electrons. The third-order valence-electron chi connectivity index (χ3n) is 5.83. The van der Waals surface area contributed by atoms with Gasteiger partial charge < -0.3 is 14.8 Å². The van der Waals surface area contributed by atoms with Crippen molar-refractivity contribution in [3.05, 3.63) is 95.5 Å². The molecule has 1 N–H and O–H groups in total. The molecule has 0 amide bonds. The Kier molecular flexibility index (Phi) is 6.39. The van der Waals surface area contributed by atoms with Crippen molar-refractivity contribution in [1.29, 1.82) is 0 Å². The highest BCUT2D eigenvalue weighted by Gasteiger charge is 2.25. The van der Waals surface area contributed by atoms with Crippen molar-refractivity contribution in [2.45, 2.75) is 19.3 Å². The summed E-state index contributed by atoms with van der Waals surface area (Å²) < 4.78 is 25.1. The van der Waals surface area contributed by atoms with Gasteiger partial charge in [0.05, 0.1) is 12.2 Å². The minimum absolute atomic E-state index is 0.0895. The number of nitrogens with one attached hydrogen (secondary N) is 1. The van der Waals surface area contributed by atoms with Gasteiger partial charge >= 0.3 is 0 Å². The average molecular weight is 471 g/mol. The van der Waals surface area contributed by atoms with Crippen LogP contribution in [0.3, 0.4) is 0 Å². The van der Waals surface area contributed by atoms with Crippen LogP contribution in [0.25, 0.3) is 5.57 Å². The summed E-state index contributed by atoms with van der Waals surface area (Å²) in [4.78, 5) is 30.2. The molecule has 1 aliphatic carbocycles. The van der Waals surface area contributed by atoms with Crippen LogP contribution in [0.4, 0.5) is 10.2 Å². The van der Waals surface area contributed by atoms with Gasteiger partial charge in [-0.2, -0.15) is 0 Å². The van der Waals surface area contributed by atoms with Crippen LogP contribution in [0.1, 0.15) is 24.0 Å². The number of nitrogens with zero attached hydrogens (tertiary/aromatic N) is 1. The first-order valence-electron chi connectivity index (χ1n) is 11.4. The number of carbonyl (C=O) groups excluding carboxylic acids is 2. The van der Waals surface area contributed by atoms with E-state index in [1.54, 1.807) is 60.8 Å². The highest BCUT2D eigenvalue weighted by molar-refractivity contribution is 6.39. The van der Waals surface area contributed by atoms with E-state index in [1.165, 1.54) is 12.1 Å². The van der Waals surface area contributed by atoms with Crippen molar-refractivity contribution < 1.29 is 23.5 Å². The van der Waals surface area contributed by atoms with E-state index in [4.69, 9.17) is 9.47 Å². The zero-order valence-corrected chi connectivity index (χ0v) is 18.9. The number of pyridine rings is 1. The molecule has 35 heavy (non-hydrogen) atoms. The Balaban J connectivity index is 1.25. The number of hydrogen-bond donors (Lipinski definition) is 1. The first kappa shape index (κ1) is 22.5. The van der Waals surface area contributed by atoms with Crippen LogP contribution in [-0.4, -0.2) is 29.7 Å². The Hall–Kier alpha value is -4.26. The fourth-order valence-corrected chi connectivity index (χ4v) is 4.06. The van der Waals surface area contributed by atoms with E-state index in [0.29, 0.717) is 47.2 Å². The van der Waals surface area contributed by atoms with Crippen molar-refractivity contribution in [3.8, 4) is 17.2 Å². The van der Waals surface area contributed by atoms with Gasteiger partial charge in [0.15, 0.2) is 23.1 Å². The molecule has 0 bridgehead atoms. The number of fused-ring (bicyclic) bond motifs is 1. The van der Waals surface area contributed by atoms with E-state index in [9.17, 15) is 14.0 Å². The van der Waals surface area contributed by atoms with Gasteiger partial charge in [-0.05, 0) is 48.2 Å². The molecule has 0 saturated heterocycles. The topological polar surface area (TPSA) is 77.5 Å². The van der Waals surface area contributed by atoms with Crippen LogP contribution in [0.5, 0.6) is 17.2 Å². The van der Waals surface area contributed by atoms with Crippen LogP contribution in [-0.2, 0) is 16.0 Å². The number of carbonyl (C=O) groups is 2. The van der Waals surface area contributed by atoms with Gasteiger partial charge in [-0.25, -0.2) is 9.37 Å². The third kappa shape index (κ3) is 4.99. The summed E-state index contributed by atoms with van der Waals surface area (Å²) in [5.74, 6) is 1.43. The molecular formula is C28H23FN2O4. The van der Waals surface area contributed by atoms with E-state index in [2.05, 4.69) is 10.3 Å². The molecule has 0 fully saturated rings. The number of Topliss-reactive ketones (excluding diaryl/α,β-unsaturated/α-hetero) is 2. The highest BCUT2D eigenvalue weighted by Crippen LogP contribution is 2.37. The van der Waals surface area contributed by atoms with E-state index < -0.39 is 0 Å². The lowest BCUT2D eigenvalue weighted by molar-refractivity contribution is -0.118. The number of halogens is 1. The molecule has 176 valence electrons. The van der Waals surface area contributed by atoms with E-state index in [1.807, 2.05) is 0 Å². The maximum Gasteiger partial charge on any atom is 0.204 e. The smallest absolute Gasteiger partial charge is 0.204 e. The van der Waals surface area contributed by atoms with Crippen molar-refractivity contribution in [1.82, 2.24) is 4.98 Å². The molecule has 2 aromatic carbocycles. The van der Waals surface area contributed by atoms with Gasteiger partial charge in [0, 0.05) is 30.8 Å². The Labute approximate surface area is 202 Å². The Bertz CT molecular complexity index is 1330. The average Bonchev–Trinajstić information content (AvgIpc) is 3.12. The second-order valence-corrected chi connectivity index (χ2v) is 8.27. The van der Waals surface area contributed by atoms with Crippen molar-refractivity contribution >= 4 is 23.0 Å². The summed E-state index contributed by atoms with van der Waals surface area (Å²) in [5, 5.41) is 3.23. The molecule has 0 saturated carbocycles. The lowest BCUT2D eigenvalue weighted by Gasteiger charge is -2.14. The number of ether oxygens (including phenoxy) is 2. The van der Waals surface area contributed by atoms with E-state index in [-0.39, 0.29) is 29.4 Å². The number of aromatic nitrogens is 1. The number of benzene rings is 2. The normalized spacial score (nSPS) is 15.1. The van der Waals surface area contributed by atoms with E-state index in [0.717, 1.165) is 18.5 Å². The number of hydrogen-bond acceptors (Lipinski definition) is 6. The fourth-order valence-electron chi connectivity index (χ4n) is 4.06. The molecule has 6 nitrogen and oxygen atoms in total. The molecule has 1 aromatic heterocycles. The predicted octanol–water partition coefficient (Wildman–Crippen LogP) is 5.30. The van der Waals surface area contributed by atoms with Crippen LogP contribution < -0.4 is 14.8 Å². The summed E-state index contributed by atoms with van der Waals surface area (Å²) in [6.07, 6.45) is 6.51. The highest BCUT2D eigenvalue weighted by atomic mass is 19.1. The van der Waals surface area contributed by atoms with Gasteiger partial charge in [-0.3, -0.25) is 9.59 Å². The number of allylic oxidation sites excluding steroid dienone is 4. The predicted molar refractivity (Wildman–Crippen MR) is 130 cm³/mol. The monoisotopic (exact) mass is 470 g/mol. The van der Waals surface area contributed by atoms with Crippen molar-refractivity contribution in [2.24, 2.45) is 0 Å². The van der Waals surface area contributed by atoms with Crippen LogP contribution in [0.15, 0.2) is 78.5 Å². The van der Waals surface area contributed by atoms with Gasteiger partial charge in [0.1, 0.15) is 11.6 Å². The zero-order valence-electron chi connectivity index (χ0n) is 18.9. The van der Waals surface area contributed by atoms with Gasteiger partial charge in [-0.15, -0.1) is 0 Å². The maximum absolute atomic E-state index is 13.2. The number of anilines is 1. The molecule has 1 aliphatic heterocycles. The summed E-state index contributed by atoms with van der Waals surface area (Å²) in [7, 11) is 0. The Morgan fingerprint density at radius 1 is 1.06 bits per heavy atom. The second kappa shape index (κ2) is 9.93. The van der Waals surface area contributed by atoms with E-state index >= 15 is 0 Å². The minimum atomic E-state index is -0.375. The SMILES string of the molecule is O=C(Cc1ccc(Oc2ccnc3c2OCCCN3)cc1)C1=CCC=C(c2ccc(F)cc2)C1=O. The molecule has 2 aliphatic rings. The molecule has 5 rings (SSSR count). The van der Waals surface area contributed by atoms with Gasteiger partial charge in [0.25, 0.3) is 0 Å². The molecule has 0 unspecified atom stereocenters. The summed E-state index contributed by atoms with van der Waals surface area (Å²) in [5.41, 5.74) is 1.95. The first-order valence-corrected chi connectivity index (χ1v) is 11.4. The van der Waals surface area contributed by atoms with Crippen molar-refractivity contribution in [2.75, 3.05) is 18.5 Å². The third-order valence-corrected chi connectivity index (χ3v) is 5.83. The zero-order chi connectivity index (χ0) is 24.2. The Morgan fingerprint density at radius 2 is 1.86 bits per heavy atom. The largest absolute Gasteiger partial charge is 0.486 e. The molecule has 3 aromatic rings. The molecular weight excluding hydrogens is 447 g/mol. The summed E-state index contributed by atoms with van der Waals surface area (Å²) >= 11 is 0. The summed E-state index contributed by atoms with van der Waals surface area (Å²) in [6, 6.07) is 14.6. The van der Waals surface area contributed by atoms with Crippen LogP contribution in [0, 0.1) is 5.82 Å².